The number of nitrogens with zero attached hydrogens (tertiary/aromatic N) is 2. The second-order valence-corrected chi connectivity index (χ2v) is 5.06. The number of para-hydroxylation sites is 1. The molecule has 106 valence electrons. The number of halogens is 1. The fraction of sp³-hybridized carbons (Fsp3) is 0.0667. The normalized spacial score (nSPS) is 10.7. The van der Waals surface area contributed by atoms with Crippen molar-refractivity contribution in [2.45, 2.75) is 6.54 Å². The van der Waals surface area contributed by atoms with Gasteiger partial charge in [0.05, 0.1) is 22.4 Å². The number of nitrogens with one attached hydrogen (secondary N) is 1. The fourth-order valence-electron chi connectivity index (χ4n) is 2.11. The summed E-state index contributed by atoms with van der Waals surface area (Å²) in [5, 5.41) is 8.38. The Morgan fingerprint density at radius 1 is 1.29 bits per heavy atom. The fourth-order valence-corrected chi connectivity index (χ4v) is 2.35. The molecule has 0 radical (unpaired) electrons. The molecule has 0 saturated heterocycles. The van der Waals surface area contributed by atoms with Crippen molar-refractivity contribution in [2.24, 2.45) is 0 Å². The standard InChI is InChI=1S/C15H13ClN4O/c16-12-7-11(17)5-6-13(12)19-15(21)9-20-14-4-2-1-3-10(14)8-18-20/h1-8H,9,17H2,(H,19,21). The predicted molar refractivity (Wildman–Crippen MR) is 84.2 cm³/mol. The molecule has 0 atom stereocenters. The van der Waals surface area contributed by atoms with Gasteiger partial charge in [-0.1, -0.05) is 29.8 Å². The average Bonchev–Trinajstić information content (AvgIpc) is 2.85. The highest BCUT2D eigenvalue weighted by atomic mass is 35.5. The van der Waals surface area contributed by atoms with Gasteiger partial charge < -0.3 is 11.1 Å². The highest BCUT2D eigenvalue weighted by molar-refractivity contribution is 6.34. The Kier molecular flexibility index (Phi) is 3.50. The van der Waals surface area contributed by atoms with E-state index in [0.29, 0.717) is 16.4 Å². The molecule has 0 fully saturated rings. The number of carbonyl (C=O) groups excluding carboxylic acids is 1. The molecule has 0 bridgehead atoms. The van der Waals surface area contributed by atoms with Crippen LogP contribution in [0.3, 0.4) is 0 Å². The van der Waals surface area contributed by atoms with Crippen LogP contribution in [0.25, 0.3) is 10.9 Å². The highest BCUT2D eigenvalue weighted by Crippen LogP contribution is 2.24. The van der Waals surface area contributed by atoms with E-state index in [1.54, 1.807) is 29.1 Å². The average molecular weight is 301 g/mol. The van der Waals surface area contributed by atoms with Crippen LogP contribution in [0.4, 0.5) is 11.4 Å². The first kappa shape index (κ1) is 13.5. The summed E-state index contributed by atoms with van der Waals surface area (Å²) in [6.45, 7) is 0.119. The molecule has 6 heteroatoms. The second-order valence-electron chi connectivity index (χ2n) is 4.65. The summed E-state index contributed by atoms with van der Waals surface area (Å²) in [5.41, 5.74) is 7.62. The molecular formula is C15H13ClN4O. The first-order chi connectivity index (χ1) is 10.1. The summed E-state index contributed by atoms with van der Waals surface area (Å²) in [6.07, 6.45) is 1.73. The third-order valence-electron chi connectivity index (χ3n) is 3.11. The molecule has 2 aromatic carbocycles. The summed E-state index contributed by atoms with van der Waals surface area (Å²) >= 11 is 6.03. The third kappa shape index (κ3) is 2.83. The van der Waals surface area contributed by atoms with Gasteiger partial charge >= 0.3 is 0 Å². The molecule has 5 nitrogen and oxygen atoms in total. The van der Waals surface area contributed by atoms with Crippen molar-refractivity contribution in [1.29, 1.82) is 0 Å². The zero-order chi connectivity index (χ0) is 14.8. The molecule has 0 spiro atoms. The lowest BCUT2D eigenvalue weighted by molar-refractivity contribution is -0.116. The number of hydrogen-bond acceptors (Lipinski definition) is 3. The number of aromatic nitrogens is 2. The minimum atomic E-state index is -0.199. The summed E-state index contributed by atoms with van der Waals surface area (Å²) in [5.74, 6) is -0.199. The van der Waals surface area contributed by atoms with E-state index in [0.717, 1.165) is 10.9 Å². The molecule has 3 N–H and O–H groups in total. The van der Waals surface area contributed by atoms with E-state index in [4.69, 9.17) is 17.3 Å². The Labute approximate surface area is 126 Å². The zero-order valence-electron chi connectivity index (χ0n) is 11.1. The highest BCUT2D eigenvalue weighted by Gasteiger charge is 2.09. The van der Waals surface area contributed by atoms with Gasteiger partial charge in [-0.05, 0) is 24.3 Å². The van der Waals surface area contributed by atoms with Crippen molar-refractivity contribution >= 4 is 39.8 Å². The maximum absolute atomic E-state index is 12.1. The summed E-state index contributed by atoms with van der Waals surface area (Å²) in [6, 6.07) is 12.7. The zero-order valence-corrected chi connectivity index (χ0v) is 11.8. The van der Waals surface area contributed by atoms with Crippen LogP contribution in [0.5, 0.6) is 0 Å². The van der Waals surface area contributed by atoms with Crippen LogP contribution >= 0.6 is 11.6 Å². The number of rotatable bonds is 3. The van der Waals surface area contributed by atoms with E-state index in [1.165, 1.54) is 0 Å². The molecule has 21 heavy (non-hydrogen) atoms. The predicted octanol–water partition coefficient (Wildman–Crippen LogP) is 2.91. The topological polar surface area (TPSA) is 72.9 Å². The van der Waals surface area contributed by atoms with Gasteiger partial charge in [-0.2, -0.15) is 5.10 Å². The maximum atomic E-state index is 12.1. The first-order valence-corrected chi connectivity index (χ1v) is 6.77. The SMILES string of the molecule is Nc1ccc(NC(=O)Cn2ncc3ccccc32)c(Cl)c1. The van der Waals surface area contributed by atoms with Gasteiger partial charge in [0, 0.05) is 11.1 Å². The minimum absolute atomic E-state index is 0.119. The van der Waals surface area contributed by atoms with Crippen LogP contribution in [-0.2, 0) is 11.3 Å². The molecule has 0 saturated carbocycles. The van der Waals surface area contributed by atoms with Crippen molar-refractivity contribution in [1.82, 2.24) is 9.78 Å². The number of hydrogen-bond donors (Lipinski definition) is 2. The first-order valence-electron chi connectivity index (χ1n) is 6.39. The van der Waals surface area contributed by atoms with Crippen molar-refractivity contribution in [3.05, 3.63) is 53.7 Å². The van der Waals surface area contributed by atoms with Gasteiger partial charge in [0.1, 0.15) is 6.54 Å². The molecule has 0 aliphatic carbocycles. The number of nitrogens with two attached hydrogens (primary N) is 1. The maximum Gasteiger partial charge on any atom is 0.246 e. The van der Waals surface area contributed by atoms with E-state index in [-0.39, 0.29) is 12.5 Å². The summed E-state index contributed by atoms with van der Waals surface area (Å²) < 4.78 is 1.65. The number of fused-ring (bicyclic) bond motifs is 1. The molecule has 0 unspecified atom stereocenters. The largest absolute Gasteiger partial charge is 0.399 e. The Morgan fingerprint density at radius 3 is 2.90 bits per heavy atom. The number of benzene rings is 2. The monoisotopic (exact) mass is 300 g/mol. The molecule has 3 aromatic rings. The molecule has 0 aliphatic heterocycles. The number of carbonyl (C=O) groups is 1. The van der Waals surface area contributed by atoms with Crippen molar-refractivity contribution in [3.63, 3.8) is 0 Å². The van der Waals surface area contributed by atoms with Crippen LogP contribution in [0.1, 0.15) is 0 Å². The van der Waals surface area contributed by atoms with Crippen LogP contribution in [0, 0.1) is 0 Å². The lowest BCUT2D eigenvalue weighted by Gasteiger charge is -2.08. The molecule has 1 heterocycles. The van der Waals surface area contributed by atoms with Gasteiger partial charge in [0.2, 0.25) is 5.91 Å². The number of anilines is 2. The smallest absolute Gasteiger partial charge is 0.246 e. The molecule has 0 aliphatic rings. The van der Waals surface area contributed by atoms with Gasteiger partial charge in [-0.25, -0.2) is 0 Å². The Bertz CT molecular complexity index is 812. The number of amides is 1. The van der Waals surface area contributed by atoms with Crippen molar-refractivity contribution in [2.75, 3.05) is 11.1 Å². The van der Waals surface area contributed by atoms with E-state index in [9.17, 15) is 4.79 Å². The van der Waals surface area contributed by atoms with Gasteiger partial charge in [-0.15, -0.1) is 0 Å². The third-order valence-corrected chi connectivity index (χ3v) is 3.42. The Hall–Kier alpha value is -2.53. The molecule has 3 rings (SSSR count). The van der Waals surface area contributed by atoms with E-state index in [2.05, 4.69) is 10.4 Å². The lowest BCUT2D eigenvalue weighted by Crippen LogP contribution is -2.19. The van der Waals surface area contributed by atoms with Gasteiger partial charge in [0.15, 0.2) is 0 Å². The van der Waals surface area contributed by atoms with Gasteiger partial charge in [-0.3, -0.25) is 9.48 Å². The lowest BCUT2D eigenvalue weighted by atomic mass is 10.2. The number of nitrogen functional groups attached to an aromatic ring is 1. The summed E-state index contributed by atoms with van der Waals surface area (Å²) in [4.78, 5) is 12.1. The Balaban J connectivity index is 1.77. The molecular weight excluding hydrogens is 288 g/mol. The molecule has 1 aromatic heterocycles. The van der Waals surface area contributed by atoms with Crippen molar-refractivity contribution in [3.8, 4) is 0 Å². The minimum Gasteiger partial charge on any atom is -0.399 e. The quantitative estimate of drug-likeness (QED) is 0.730. The van der Waals surface area contributed by atoms with Gasteiger partial charge in [0.25, 0.3) is 0 Å². The van der Waals surface area contributed by atoms with Crippen LogP contribution in [0.2, 0.25) is 5.02 Å². The van der Waals surface area contributed by atoms with E-state index < -0.39 is 0 Å². The van der Waals surface area contributed by atoms with Crippen molar-refractivity contribution < 1.29 is 4.79 Å². The Morgan fingerprint density at radius 2 is 2.10 bits per heavy atom. The van der Waals surface area contributed by atoms with E-state index in [1.807, 2.05) is 24.3 Å². The summed E-state index contributed by atoms with van der Waals surface area (Å²) in [7, 11) is 0. The van der Waals surface area contributed by atoms with E-state index >= 15 is 0 Å². The second kappa shape index (κ2) is 5.46. The molecule has 1 amide bonds. The van der Waals surface area contributed by atoms with Crippen LogP contribution in [-0.4, -0.2) is 15.7 Å². The van der Waals surface area contributed by atoms with Crippen LogP contribution in [0.15, 0.2) is 48.7 Å². The van der Waals surface area contributed by atoms with Crippen LogP contribution < -0.4 is 11.1 Å².